The Morgan fingerprint density at radius 2 is 2.00 bits per heavy atom. The van der Waals surface area contributed by atoms with Crippen LogP contribution in [0.25, 0.3) is 0 Å². The van der Waals surface area contributed by atoms with E-state index in [1.807, 2.05) is 0 Å². The summed E-state index contributed by atoms with van der Waals surface area (Å²) in [6, 6.07) is 0. The third-order valence-corrected chi connectivity index (χ3v) is 0.408. The zero-order valence-electron chi connectivity index (χ0n) is 4.41. The maximum atomic E-state index is 3.53. The molecule has 37 valence electrons. The Morgan fingerprint density at radius 3 is 2.00 bits per heavy atom. The molecule has 0 spiro atoms. The maximum Gasteiger partial charge on any atom is 0.102 e. The number of rotatable bonds is 2. The van der Waals surface area contributed by atoms with Crippen molar-refractivity contribution in [2.24, 2.45) is 0 Å². The van der Waals surface area contributed by atoms with Crippen LogP contribution in [0.3, 0.4) is 0 Å². The number of hydrogen-bond donors (Lipinski definition) is 0. The van der Waals surface area contributed by atoms with Crippen molar-refractivity contribution in [1.29, 1.82) is 0 Å². The van der Waals surface area contributed by atoms with Crippen LogP contribution in [0.15, 0.2) is 24.3 Å². The van der Waals surface area contributed by atoms with Crippen molar-refractivity contribution in [3.8, 4) is 0 Å². The smallest absolute Gasteiger partial charge is 0.102 e. The SMILES string of the molecule is C=C([CH2+])[CH]C(=C)[CH2-]. The quantitative estimate of drug-likeness (QED) is 0.458. The van der Waals surface area contributed by atoms with Gasteiger partial charge in [-0.3, -0.25) is 0 Å². The first-order chi connectivity index (χ1) is 3.13. The van der Waals surface area contributed by atoms with Crippen LogP contribution in [-0.2, 0) is 0 Å². The van der Waals surface area contributed by atoms with Gasteiger partial charge in [0.1, 0.15) is 5.57 Å². The van der Waals surface area contributed by atoms with Gasteiger partial charge in [0.15, 0.2) is 0 Å². The van der Waals surface area contributed by atoms with Crippen LogP contribution in [0, 0.1) is 20.3 Å². The minimum absolute atomic E-state index is 0.750. The van der Waals surface area contributed by atoms with E-state index in [2.05, 4.69) is 27.0 Å². The molecular weight excluding hydrogens is 84.1 g/mol. The Hall–Kier alpha value is -0.780. The molecule has 0 unspecified atom stereocenters. The molecule has 0 nitrogen and oxygen atoms in total. The van der Waals surface area contributed by atoms with Gasteiger partial charge in [0.05, 0.1) is 0 Å². The lowest BCUT2D eigenvalue weighted by atomic mass is 10.1. The lowest BCUT2D eigenvalue weighted by Crippen LogP contribution is -1.75. The van der Waals surface area contributed by atoms with Crippen molar-refractivity contribution in [2.45, 2.75) is 0 Å². The second-order valence-corrected chi connectivity index (χ2v) is 1.46. The molecule has 0 atom stereocenters. The van der Waals surface area contributed by atoms with E-state index in [0.717, 1.165) is 11.1 Å². The first-order valence-corrected chi connectivity index (χ1v) is 1.99. The maximum absolute atomic E-state index is 3.53. The summed E-state index contributed by atoms with van der Waals surface area (Å²) in [4.78, 5) is 0. The van der Waals surface area contributed by atoms with E-state index in [1.165, 1.54) is 0 Å². The molecule has 0 heterocycles. The third kappa shape index (κ3) is 5.22. The average molecular weight is 93.1 g/mol. The fraction of sp³-hybridized carbons (Fsp3) is 0. The minimum atomic E-state index is 0.750. The van der Waals surface area contributed by atoms with Gasteiger partial charge in [0.25, 0.3) is 0 Å². The Labute approximate surface area is 45.5 Å². The molecule has 0 heteroatoms. The van der Waals surface area contributed by atoms with Crippen LogP contribution < -0.4 is 0 Å². The summed E-state index contributed by atoms with van der Waals surface area (Å²) in [7, 11) is 0. The summed E-state index contributed by atoms with van der Waals surface area (Å²) >= 11 is 0. The average Bonchev–Trinajstić information content (AvgIpc) is 1.27. The lowest BCUT2D eigenvalue weighted by Gasteiger charge is -1.94. The van der Waals surface area contributed by atoms with Crippen molar-refractivity contribution in [1.82, 2.24) is 0 Å². The zero-order chi connectivity index (χ0) is 5.86. The van der Waals surface area contributed by atoms with Crippen molar-refractivity contribution >= 4 is 0 Å². The molecule has 7 heavy (non-hydrogen) atoms. The Morgan fingerprint density at radius 1 is 1.57 bits per heavy atom. The van der Waals surface area contributed by atoms with Gasteiger partial charge in [0, 0.05) is 19.9 Å². The molecule has 0 bridgehead atoms. The van der Waals surface area contributed by atoms with Crippen LogP contribution >= 0.6 is 0 Å². The zero-order valence-corrected chi connectivity index (χ0v) is 4.41. The van der Waals surface area contributed by atoms with Crippen LogP contribution in [-0.4, -0.2) is 0 Å². The molecule has 0 saturated heterocycles. The Balaban J connectivity index is 3.32. The molecule has 0 aliphatic rings. The molecule has 0 aromatic heterocycles. The van der Waals surface area contributed by atoms with E-state index in [4.69, 9.17) is 0 Å². The second-order valence-electron chi connectivity index (χ2n) is 1.46. The van der Waals surface area contributed by atoms with Gasteiger partial charge >= 0.3 is 0 Å². The van der Waals surface area contributed by atoms with E-state index in [1.54, 1.807) is 6.42 Å². The molecular formula is C7H9. The van der Waals surface area contributed by atoms with E-state index in [0.29, 0.717) is 0 Å². The van der Waals surface area contributed by atoms with E-state index < -0.39 is 0 Å². The summed E-state index contributed by atoms with van der Waals surface area (Å²) in [6.07, 6.45) is 1.72. The molecule has 0 amide bonds. The standard InChI is InChI=1S/C7H9/c1-6(2)5-7(3)4/h5H,1-4H2. The first-order valence-electron chi connectivity index (χ1n) is 1.99. The number of hydrogen-bond acceptors (Lipinski definition) is 0. The highest BCUT2D eigenvalue weighted by atomic mass is 13.9. The van der Waals surface area contributed by atoms with Gasteiger partial charge < -0.3 is 0 Å². The van der Waals surface area contributed by atoms with Gasteiger partial charge in [0.2, 0.25) is 0 Å². The topological polar surface area (TPSA) is 0 Å². The fourth-order valence-electron chi connectivity index (χ4n) is 0.289. The molecule has 0 aromatic rings. The van der Waals surface area contributed by atoms with Gasteiger partial charge in [-0.1, -0.05) is 0 Å². The Kier molecular flexibility index (Phi) is 2.14. The molecule has 0 aliphatic heterocycles. The molecule has 0 aliphatic carbocycles. The summed E-state index contributed by atoms with van der Waals surface area (Å²) in [6.45, 7) is 14.1. The van der Waals surface area contributed by atoms with Gasteiger partial charge in [-0.15, -0.1) is 0 Å². The Bertz CT molecular complexity index is 76.2. The van der Waals surface area contributed by atoms with E-state index in [9.17, 15) is 0 Å². The van der Waals surface area contributed by atoms with Crippen molar-refractivity contribution < 1.29 is 0 Å². The highest BCUT2D eigenvalue weighted by molar-refractivity contribution is 5.28. The molecule has 0 rings (SSSR count). The lowest BCUT2D eigenvalue weighted by molar-refractivity contribution is 1.52. The van der Waals surface area contributed by atoms with Crippen molar-refractivity contribution in [3.63, 3.8) is 0 Å². The second kappa shape index (κ2) is 2.40. The minimum Gasteiger partial charge on any atom is -0.241 e. The normalized spacial score (nSPS) is 8.00. The van der Waals surface area contributed by atoms with E-state index >= 15 is 0 Å². The summed E-state index contributed by atoms with van der Waals surface area (Å²) in [5.41, 5.74) is 1.50. The van der Waals surface area contributed by atoms with Crippen molar-refractivity contribution in [2.75, 3.05) is 0 Å². The van der Waals surface area contributed by atoms with Gasteiger partial charge in [-0.2, -0.15) is 0 Å². The monoisotopic (exact) mass is 93.1 g/mol. The predicted octanol–water partition coefficient (Wildman–Crippen LogP) is 1.97. The third-order valence-electron chi connectivity index (χ3n) is 0.408. The molecule has 0 saturated carbocycles. The predicted molar refractivity (Wildman–Crippen MR) is 33.3 cm³/mol. The first kappa shape index (κ1) is 6.22. The number of allylic oxidation sites excluding steroid dienone is 2. The van der Waals surface area contributed by atoms with Crippen LogP contribution in [0.1, 0.15) is 0 Å². The summed E-state index contributed by atoms with van der Waals surface area (Å²) < 4.78 is 0. The summed E-state index contributed by atoms with van der Waals surface area (Å²) in [5, 5.41) is 0. The van der Waals surface area contributed by atoms with Crippen molar-refractivity contribution in [3.05, 3.63) is 44.6 Å². The molecule has 0 N–H and O–H groups in total. The van der Waals surface area contributed by atoms with Gasteiger partial charge in [-0.05, 0) is 0 Å². The molecule has 0 fully saturated rings. The van der Waals surface area contributed by atoms with E-state index in [-0.39, 0.29) is 0 Å². The molecule has 1 radical (unpaired) electrons. The highest BCUT2D eigenvalue weighted by Crippen LogP contribution is 2.00. The van der Waals surface area contributed by atoms with Crippen LogP contribution in [0.5, 0.6) is 0 Å². The van der Waals surface area contributed by atoms with Crippen LogP contribution in [0.4, 0.5) is 0 Å². The summed E-state index contributed by atoms with van der Waals surface area (Å²) in [5.74, 6) is 0. The van der Waals surface area contributed by atoms with Gasteiger partial charge in [-0.25, -0.2) is 19.1 Å². The van der Waals surface area contributed by atoms with Crippen LogP contribution in [0.2, 0.25) is 0 Å². The molecule has 0 aromatic carbocycles. The highest BCUT2D eigenvalue weighted by Gasteiger charge is 1.85. The fourth-order valence-corrected chi connectivity index (χ4v) is 0.289. The largest absolute Gasteiger partial charge is 0.241 e.